The van der Waals surface area contributed by atoms with Crippen LogP contribution in [0.25, 0.3) is 0 Å². The van der Waals surface area contributed by atoms with Crippen LogP contribution in [0.4, 0.5) is 4.79 Å². The molecule has 6 heteroatoms. The summed E-state index contributed by atoms with van der Waals surface area (Å²) in [5.41, 5.74) is 0. The van der Waals surface area contributed by atoms with Crippen molar-refractivity contribution >= 4 is 6.03 Å². The zero-order valence-electron chi connectivity index (χ0n) is 10.5. The first-order valence-corrected chi connectivity index (χ1v) is 6.69. The Balaban J connectivity index is 1.48. The van der Waals surface area contributed by atoms with Crippen LogP contribution in [-0.2, 0) is 14.2 Å². The van der Waals surface area contributed by atoms with Crippen molar-refractivity contribution in [3.8, 4) is 0 Å². The molecule has 0 aromatic rings. The molecule has 3 aliphatic rings. The number of carbonyl (C=O) groups is 1. The van der Waals surface area contributed by atoms with Crippen LogP contribution in [0.15, 0.2) is 0 Å². The monoisotopic (exact) mass is 256 g/mol. The minimum Gasteiger partial charge on any atom is -0.379 e. The van der Waals surface area contributed by atoms with Gasteiger partial charge in [-0.3, -0.25) is 0 Å². The fourth-order valence-electron chi connectivity index (χ4n) is 2.75. The second-order valence-electron chi connectivity index (χ2n) is 5.10. The number of amides is 2. The average molecular weight is 256 g/mol. The van der Waals surface area contributed by atoms with E-state index in [4.69, 9.17) is 14.2 Å². The largest absolute Gasteiger partial charge is 0.379 e. The van der Waals surface area contributed by atoms with E-state index in [-0.39, 0.29) is 12.1 Å². The molecule has 1 spiro atoms. The molecule has 102 valence electrons. The first kappa shape index (κ1) is 12.2. The molecule has 3 fully saturated rings. The SMILES string of the molecule is O=C(NC1CCOC1)N1CCC2(CC1)OCCO2. The van der Waals surface area contributed by atoms with Gasteiger partial charge in [-0.25, -0.2) is 4.79 Å². The molecule has 3 saturated heterocycles. The fraction of sp³-hybridized carbons (Fsp3) is 0.917. The molecule has 1 unspecified atom stereocenters. The van der Waals surface area contributed by atoms with E-state index in [1.165, 1.54) is 0 Å². The van der Waals surface area contributed by atoms with Gasteiger partial charge in [0.25, 0.3) is 0 Å². The summed E-state index contributed by atoms with van der Waals surface area (Å²) in [6.07, 6.45) is 2.44. The zero-order valence-corrected chi connectivity index (χ0v) is 10.5. The van der Waals surface area contributed by atoms with Crippen molar-refractivity contribution in [3.05, 3.63) is 0 Å². The quantitative estimate of drug-likeness (QED) is 0.734. The molecule has 1 N–H and O–H groups in total. The second kappa shape index (κ2) is 5.03. The number of hydrogen-bond donors (Lipinski definition) is 1. The van der Waals surface area contributed by atoms with E-state index >= 15 is 0 Å². The molecule has 0 radical (unpaired) electrons. The van der Waals surface area contributed by atoms with Crippen LogP contribution < -0.4 is 5.32 Å². The number of nitrogens with zero attached hydrogens (tertiary/aromatic N) is 1. The van der Waals surface area contributed by atoms with E-state index in [1.807, 2.05) is 4.90 Å². The zero-order chi connectivity index (χ0) is 12.4. The topological polar surface area (TPSA) is 60.0 Å². The molecule has 6 nitrogen and oxygen atoms in total. The molecule has 2 amide bonds. The van der Waals surface area contributed by atoms with Crippen molar-refractivity contribution in [1.29, 1.82) is 0 Å². The number of ether oxygens (including phenoxy) is 3. The van der Waals surface area contributed by atoms with E-state index in [1.54, 1.807) is 0 Å². The van der Waals surface area contributed by atoms with Crippen LogP contribution in [0, 0.1) is 0 Å². The first-order valence-electron chi connectivity index (χ1n) is 6.69. The van der Waals surface area contributed by atoms with Crippen LogP contribution in [0.1, 0.15) is 19.3 Å². The van der Waals surface area contributed by atoms with E-state index < -0.39 is 5.79 Å². The van der Waals surface area contributed by atoms with Gasteiger partial charge in [-0.15, -0.1) is 0 Å². The van der Waals surface area contributed by atoms with E-state index in [9.17, 15) is 4.79 Å². The van der Waals surface area contributed by atoms with E-state index in [0.29, 0.717) is 32.9 Å². The normalized spacial score (nSPS) is 30.9. The van der Waals surface area contributed by atoms with Gasteiger partial charge in [-0.2, -0.15) is 0 Å². The Hall–Kier alpha value is -0.850. The predicted molar refractivity (Wildman–Crippen MR) is 63.2 cm³/mol. The number of carbonyl (C=O) groups excluding carboxylic acids is 1. The molecule has 3 heterocycles. The maximum Gasteiger partial charge on any atom is 0.317 e. The molecule has 3 rings (SSSR count). The third-order valence-corrected chi connectivity index (χ3v) is 3.88. The van der Waals surface area contributed by atoms with Crippen LogP contribution in [0.3, 0.4) is 0 Å². The number of hydrogen-bond acceptors (Lipinski definition) is 4. The minimum absolute atomic E-state index is 0.0124. The highest BCUT2D eigenvalue weighted by Crippen LogP contribution is 2.31. The minimum atomic E-state index is -0.409. The highest BCUT2D eigenvalue weighted by molar-refractivity contribution is 5.74. The van der Waals surface area contributed by atoms with Crippen molar-refractivity contribution < 1.29 is 19.0 Å². The Bertz CT molecular complexity index is 301. The molecule has 0 aliphatic carbocycles. The molecular weight excluding hydrogens is 236 g/mol. The molecule has 0 saturated carbocycles. The first-order chi connectivity index (χ1) is 8.77. The van der Waals surface area contributed by atoms with Crippen molar-refractivity contribution in [1.82, 2.24) is 10.2 Å². The third kappa shape index (κ3) is 2.46. The highest BCUT2D eigenvalue weighted by Gasteiger charge is 2.40. The summed E-state index contributed by atoms with van der Waals surface area (Å²) in [5, 5.41) is 3.01. The fourth-order valence-corrected chi connectivity index (χ4v) is 2.75. The summed E-state index contributed by atoms with van der Waals surface area (Å²) in [7, 11) is 0. The van der Waals surface area contributed by atoms with E-state index in [0.717, 1.165) is 25.9 Å². The van der Waals surface area contributed by atoms with Crippen LogP contribution in [-0.4, -0.2) is 62.3 Å². The summed E-state index contributed by atoms with van der Waals surface area (Å²) in [4.78, 5) is 13.9. The Morgan fingerprint density at radius 1 is 1.17 bits per heavy atom. The maximum atomic E-state index is 12.0. The van der Waals surface area contributed by atoms with Gasteiger partial charge >= 0.3 is 6.03 Å². The number of urea groups is 1. The van der Waals surface area contributed by atoms with Crippen molar-refractivity contribution in [3.63, 3.8) is 0 Å². The van der Waals surface area contributed by atoms with Gasteiger partial charge in [0, 0.05) is 32.5 Å². The summed E-state index contributed by atoms with van der Waals surface area (Å²) in [6.45, 7) is 4.11. The predicted octanol–water partition coefficient (Wildman–Crippen LogP) is 0.324. The van der Waals surface area contributed by atoms with Crippen molar-refractivity contribution in [2.45, 2.75) is 31.1 Å². The molecule has 1 atom stereocenters. The lowest BCUT2D eigenvalue weighted by atomic mass is 10.0. The molecule has 0 aromatic carbocycles. The number of piperidine rings is 1. The van der Waals surface area contributed by atoms with Gasteiger partial charge in [0.15, 0.2) is 5.79 Å². The van der Waals surface area contributed by atoms with Crippen LogP contribution in [0.5, 0.6) is 0 Å². The van der Waals surface area contributed by atoms with E-state index in [2.05, 4.69) is 5.32 Å². The van der Waals surface area contributed by atoms with Gasteiger partial charge in [-0.05, 0) is 6.42 Å². The molecule has 3 aliphatic heterocycles. The Morgan fingerprint density at radius 2 is 1.89 bits per heavy atom. The lowest BCUT2D eigenvalue weighted by Gasteiger charge is -2.37. The summed E-state index contributed by atoms with van der Waals surface area (Å²) >= 11 is 0. The second-order valence-corrected chi connectivity index (χ2v) is 5.10. The van der Waals surface area contributed by atoms with Gasteiger partial charge in [0.2, 0.25) is 0 Å². The Labute approximate surface area is 107 Å². The summed E-state index contributed by atoms with van der Waals surface area (Å²) < 4.78 is 16.5. The van der Waals surface area contributed by atoms with Crippen LogP contribution in [0.2, 0.25) is 0 Å². The lowest BCUT2D eigenvalue weighted by molar-refractivity contribution is -0.181. The molecule has 18 heavy (non-hydrogen) atoms. The van der Waals surface area contributed by atoms with Gasteiger partial charge < -0.3 is 24.4 Å². The number of nitrogens with one attached hydrogen (secondary N) is 1. The molecule has 0 aromatic heterocycles. The van der Waals surface area contributed by atoms with Crippen molar-refractivity contribution in [2.24, 2.45) is 0 Å². The standard InChI is InChI=1S/C12H20N2O4/c15-11(13-10-1-6-16-9-10)14-4-2-12(3-5-14)17-7-8-18-12/h10H,1-9H2,(H,13,15). The number of rotatable bonds is 1. The summed E-state index contributed by atoms with van der Waals surface area (Å²) in [6, 6.07) is 0.186. The number of likely N-dealkylation sites (tertiary alicyclic amines) is 1. The third-order valence-electron chi connectivity index (χ3n) is 3.88. The van der Waals surface area contributed by atoms with Gasteiger partial charge in [-0.1, -0.05) is 0 Å². The average Bonchev–Trinajstić information content (AvgIpc) is 3.03. The van der Waals surface area contributed by atoms with Crippen molar-refractivity contribution in [2.75, 3.05) is 39.5 Å². The lowest BCUT2D eigenvalue weighted by Crippen LogP contribution is -2.52. The maximum absolute atomic E-state index is 12.0. The van der Waals surface area contributed by atoms with Gasteiger partial charge in [0.1, 0.15) is 0 Å². The molecular formula is C12H20N2O4. The van der Waals surface area contributed by atoms with Gasteiger partial charge in [0.05, 0.1) is 25.9 Å². The highest BCUT2D eigenvalue weighted by atomic mass is 16.7. The molecule has 0 bridgehead atoms. The Morgan fingerprint density at radius 3 is 2.50 bits per heavy atom. The summed E-state index contributed by atoms with van der Waals surface area (Å²) in [5.74, 6) is -0.409. The van der Waals surface area contributed by atoms with Crippen LogP contribution >= 0.6 is 0 Å². The smallest absolute Gasteiger partial charge is 0.317 e. The Kier molecular flexibility index (Phi) is 3.41.